The van der Waals surface area contributed by atoms with E-state index >= 15 is 0 Å². The summed E-state index contributed by atoms with van der Waals surface area (Å²) in [5, 5.41) is 0.526. The number of para-hydroxylation sites is 3. The number of rotatable bonds is 6. The summed E-state index contributed by atoms with van der Waals surface area (Å²) in [4.78, 5) is 0. The van der Waals surface area contributed by atoms with Crippen molar-refractivity contribution in [3.63, 3.8) is 0 Å². The Morgan fingerprint density at radius 3 is 2.50 bits per heavy atom. The molecule has 0 fully saturated rings. The molecule has 2 aromatic rings. The highest BCUT2D eigenvalue weighted by Gasteiger charge is 2.12. The summed E-state index contributed by atoms with van der Waals surface area (Å²) < 4.78 is 25.3. The number of hydrogen-bond donors (Lipinski definition) is 0. The van der Waals surface area contributed by atoms with Gasteiger partial charge in [0.1, 0.15) is 0 Å². The zero-order chi connectivity index (χ0) is 14.4. The van der Waals surface area contributed by atoms with E-state index in [-0.39, 0.29) is 11.6 Å². The largest absolute Gasteiger partial charge is 0.490 e. The van der Waals surface area contributed by atoms with Crippen molar-refractivity contribution in [2.45, 2.75) is 18.7 Å². The molecule has 0 aliphatic heterocycles. The van der Waals surface area contributed by atoms with Crippen LogP contribution in [-0.4, -0.2) is 6.61 Å². The summed E-state index contributed by atoms with van der Waals surface area (Å²) in [6.45, 7) is 2.63. The Labute approximate surface area is 126 Å². The Hall–Kier alpha value is -1.55. The molecule has 2 aromatic carbocycles. The van der Waals surface area contributed by atoms with Gasteiger partial charge in [-0.15, -0.1) is 0 Å². The van der Waals surface area contributed by atoms with Crippen LogP contribution in [0.15, 0.2) is 42.5 Å². The van der Waals surface area contributed by atoms with Gasteiger partial charge in [-0.05, 0) is 24.6 Å². The van der Waals surface area contributed by atoms with Gasteiger partial charge in [-0.25, -0.2) is 4.39 Å². The van der Waals surface area contributed by atoms with E-state index in [2.05, 4.69) is 15.9 Å². The number of benzene rings is 2. The summed E-state index contributed by atoms with van der Waals surface area (Å²) in [5.41, 5.74) is 0.760. The summed E-state index contributed by atoms with van der Waals surface area (Å²) >= 11 is 3.34. The highest BCUT2D eigenvalue weighted by Crippen LogP contribution is 2.35. The van der Waals surface area contributed by atoms with Gasteiger partial charge in [0.05, 0.1) is 6.61 Å². The maximum Gasteiger partial charge on any atom is 0.169 e. The predicted octanol–water partition coefficient (Wildman–Crippen LogP) is 5.30. The van der Waals surface area contributed by atoms with Gasteiger partial charge < -0.3 is 9.47 Å². The minimum atomic E-state index is -0.382. The van der Waals surface area contributed by atoms with Crippen LogP contribution < -0.4 is 9.47 Å². The number of alkyl halides is 1. The molecule has 0 atom stereocenters. The van der Waals surface area contributed by atoms with Crippen molar-refractivity contribution in [3.05, 3.63) is 53.8 Å². The smallest absolute Gasteiger partial charge is 0.169 e. The molecule has 20 heavy (non-hydrogen) atoms. The fourth-order valence-electron chi connectivity index (χ4n) is 1.75. The van der Waals surface area contributed by atoms with Gasteiger partial charge in [0.2, 0.25) is 0 Å². The van der Waals surface area contributed by atoms with Crippen LogP contribution in [0.1, 0.15) is 18.9 Å². The van der Waals surface area contributed by atoms with Crippen LogP contribution in [0.2, 0.25) is 0 Å². The van der Waals surface area contributed by atoms with Crippen LogP contribution in [0.5, 0.6) is 17.2 Å². The van der Waals surface area contributed by atoms with Gasteiger partial charge in [0.25, 0.3) is 0 Å². The maximum atomic E-state index is 13.9. The van der Waals surface area contributed by atoms with E-state index in [4.69, 9.17) is 9.47 Å². The lowest BCUT2D eigenvalue weighted by Crippen LogP contribution is -1.99. The van der Waals surface area contributed by atoms with Crippen molar-refractivity contribution < 1.29 is 13.9 Å². The first-order valence-corrected chi connectivity index (χ1v) is 7.61. The molecule has 2 rings (SSSR count). The van der Waals surface area contributed by atoms with Crippen molar-refractivity contribution in [1.82, 2.24) is 0 Å². The summed E-state index contributed by atoms with van der Waals surface area (Å²) in [7, 11) is 0. The van der Waals surface area contributed by atoms with E-state index in [9.17, 15) is 4.39 Å². The molecule has 0 aromatic heterocycles. The van der Waals surface area contributed by atoms with Crippen LogP contribution in [0.3, 0.4) is 0 Å². The first-order valence-electron chi connectivity index (χ1n) is 6.49. The molecule has 0 amide bonds. The molecule has 0 aliphatic rings. The molecule has 0 saturated carbocycles. The average Bonchev–Trinajstić information content (AvgIpc) is 2.48. The molecule has 0 aliphatic carbocycles. The fourth-order valence-corrected chi connectivity index (χ4v) is 2.19. The number of hydrogen-bond acceptors (Lipinski definition) is 2. The molecule has 106 valence electrons. The number of halogens is 2. The van der Waals surface area contributed by atoms with Gasteiger partial charge >= 0.3 is 0 Å². The summed E-state index contributed by atoms with van der Waals surface area (Å²) in [6, 6.07) is 12.2. The van der Waals surface area contributed by atoms with Crippen molar-refractivity contribution in [2.75, 3.05) is 6.61 Å². The van der Waals surface area contributed by atoms with E-state index in [1.807, 2.05) is 31.2 Å². The fraction of sp³-hybridized carbons (Fsp3) is 0.250. The Balaban J connectivity index is 2.30. The van der Waals surface area contributed by atoms with E-state index in [1.165, 1.54) is 6.07 Å². The van der Waals surface area contributed by atoms with Crippen molar-refractivity contribution in [3.8, 4) is 17.2 Å². The van der Waals surface area contributed by atoms with Gasteiger partial charge in [-0.3, -0.25) is 0 Å². The van der Waals surface area contributed by atoms with Crippen LogP contribution in [0.25, 0.3) is 0 Å². The molecular formula is C16H16BrFO2. The first kappa shape index (κ1) is 14.9. The summed E-state index contributed by atoms with van der Waals surface area (Å²) in [6.07, 6.45) is 0.903. The van der Waals surface area contributed by atoms with Gasteiger partial charge in [-0.2, -0.15) is 0 Å². The molecule has 4 heteroatoms. The molecule has 0 bridgehead atoms. The third-order valence-corrected chi connectivity index (χ3v) is 3.32. The quantitative estimate of drug-likeness (QED) is 0.665. The predicted molar refractivity (Wildman–Crippen MR) is 81.3 cm³/mol. The highest BCUT2D eigenvalue weighted by atomic mass is 79.9. The second-order valence-electron chi connectivity index (χ2n) is 4.26. The Bertz CT molecular complexity index is 572. The zero-order valence-corrected chi connectivity index (χ0v) is 12.8. The molecule has 0 N–H and O–H groups in total. The summed E-state index contributed by atoms with van der Waals surface area (Å²) in [5.74, 6) is 0.996. The molecule has 2 nitrogen and oxygen atoms in total. The van der Waals surface area contributed by atoms with Crippen molar-refractivity contribution in [2.24, 2.45) is 0 Å². The lowest BCUT2D eigenvalue weighted by Gasteiger charge is -2.14. The molecule has 0 unspecified atom stereocenters. The molecule has 0 spiro atoms. The first-order chi connectivity index (χ1) is 9.76. The van der Waals surface area contributed by atoms with E-state index in [0.717, 1.165) is 12.0 Å². The second kappa shape index (κ2) is 7.29. The molecule has 0 heterocycles. The zero-order valence-electron chi connectivity index (χ0n) is 11.2. The highest BCUT2D eigenvalue weighted by molar-refractivity contribution is 9.08. The van der Waals surface area contributed by atoms with Crippen LogP contribution in [0.4, 0.5) is 4.39 Å². The van der Waals surface area contributed by atoms with Crippen molar-refractivity contribution in [1.29, 1.82) is 0 Å². The minimum Gasteiger partial charge on any atom is -0.490 e. The van der Waals surface area contributed by atoms with E-state index in [0.29, 0.717) is 23.4 Å². The van der Waals surface area contributed by atoms with Crippen LogP contribution >= 0.6 is 15.9 Å². The van der Waals surface area contributed by atoms with Gasteiger partial charge in [0.15, 0.2) is 23.1 Å². The van der Waals surface area contributed by atoms with Crippen molar-refractivity contribution >= 4 is 15.9 Å². The lowest BCUT2D eigenvalue weighted by molar-refractivity contribution is 0.300. The standard InChI is InChI=1S/C16H16BrFO2/c1-2-10-19-14-8-3-4-9-15(14)20-16-12(11-17)6-5-7-13(16)18/h3-9H,2,10-11H2,1H3. The van der Waals surface area contributed by atoms with Gasteiger partial charge in [0, 0.05) is 10.9 Å². The van der Waals surface area contributed by atoms with Crippen LogP contribution in [0, 0.1) is 5.82 Å². The molecular weight excluding hydrogens is 323 g/mol. The van der Waals surface area contributed by atoms with Gasteiger partial charge in [-0.1, -0.05) is 47.1 Å². The van der Waals surface area contributed by atoms with E-state index in [1.54, 1.807) is 12.1 Å². The minimum absolute atomic E-state index is 0.233. The molecule has 0 radical (unpaired) electrons. The lowest BCUT2D eigenvalue weighted by atomic mass is 10.2. The Morgan fingerprint density at radius 2 is 1.80 bits per heavy atom. The second-order valence-corrected chi connectivity index (χ2v) is 4.82. The normalized spacial score (nSPS) is 10.3. The van der Waals surface area contributed by atoms with E-state index < -0.39 is 0 Å². The third kappa shape index (κ3) is 3.51. The van der Waals surface area contributed by atoms with Crippen LogP contribution in [-0.2, 0) is 5.33 Å². The molecule has 0 saturated heterocycles. The topological polar surface area (TPSA) is 18.5 Å². The third-order valence-electron chi connectivity index (χ3n) is 2.72. The SMILES string of the molecule is CCCOc1ccccc1Oc1c(F)cccc1CBr. The Morgan fingerprint density at radius 1 is 1.05 bits per heavy atom. The maximum absolute atomic E-state index is 13.9. The average molecular weight is 339 g/mol. The Kier molecular flexibility index (Phi) is 5.41. The monoisotopic (exact) mass is 338 g/mol. The number of ether oxygens (including phenoxy) is 2.